The molecule has 0 aliphatic heterocycles. The van der Waals surface area contributed by atoms with Crippen molar-refractivity contribution in [2.24, 2.45) is 0 Å². The molecular weight excluding hydrogens is 318 g/mol. The summed E-state index contributed by atoms with van der Waals surface area (Å²) < 4.78 is 29.1. The second kappa shape index (κ2) is 6.04. The molecule has 0 radical (unpaired) electrons. The predicted molar refractivity (Wildman–Crippen MR) is 76.9 cm³/mol. The molecule has 0 aliphatic carbocycles. The number of sulfone groups is 1. The monoisotopic (exact) mass is 335 g/mol. The van der Waals surface area contributed by atoms with Gasteiger partial charge in [-0.25, -0.2) is 8.42 Å². The molecule has 1 unspecified atom stereocenters. The summed E-state index contributed by atoms with van der Waals surface area (Å²) >= 11 is 3.45. The standard InChI is InChI=1S/C12H18BrNO3S/c1-8-5-12(17-3)9(6-10(8)13)11(14-2)7-18(4,15)16/h5-6,11,14H,7H2,1-4H3. The largest absolute Gasteiger partial charge is 0.496 e. The van der Waals surface area contributed by atoms with Gasteiger partial charge in [0.2, 0.25) is 0 Å². The van der Waals surface area contributed by atoms with Crippen molar-refractivity contribution in [3.05, 3.63) is 27.7 Å². The topological polar surface area (TPSA) is 55.4 Å². The number of methoxy groups -OCH3 is 1. The third-order valence-electron chi connectivity index (χ3n) is 2.70. The van der Waals surface area contributed by atoms with Gasteiger partial charge in [0.15, 0.2) is 0 Å². The Morgan fingerprint density at radius 3 is 2.50 bits per heavy atom. The molecule has 0 saturated heterocycles. The third kappa shape index (κ3) is 3.96. The quantitative estimate of drug-likeness (QED) is 0.894. The summed E-state index contributed by atoms with van der Waals surface area (Å²) in [7, 11) is 0.257. The fraction of sp³-hybridized carbons (Fsp3) is 0.500. The minimum absolute atomic E-state index is 0.0371. The first-order valence-corrected chi connectivity index (χ1v) is 8.33. The van der Waals surface area contributed by atoms with E-state index in [1.807, 2.05) is 19.1 Å². The first-order chi connectivity index (χ1) is 8.28. The second-order valence-corrected chi connectivity index (χ2v) is 7.32. The molecule has 1 atom stereocenters. The van der Waals surface area contributed by atoms with Crippen LogP contribution in [0.3, 0.4) is 0 Å². The number of ether oxygens (including phenoxy) is 1. The Hall–Kier alpha value is -0.590. The lowest BCUT2D eigenvalue weighted by Gasteiger charge is -2.19. The van der Waals surface area contributed by atoms with Gasteiger partial charge in [-0.05, 0) is 31.7 Å². The zero-order valence-corrected chi connectivity index (χ0v) is 13.4. The van der Waals surface area contributed by atoms with Crippen LogP contribution in [0.25, 0.3) is 0 Å². The van der Waals surface area contributed by atoms with Gasteiger partial charge in [-0.3, -0.25) is 0 Å². The Labute approximate surface area is 117 Å². The van der Waals surface area contributed by atoms with Gasteiger partial charge in [0, 0.05) is 22.3 Å². The van der Waals surface area contributed by atoms with Crippen molar-refractivity contribution in [2.45, 2.75) is 13.0 Å². The van der Waals surface area contributed by atoms with Crippen molar-refractivity contribution >= 4 is 25.8 Å². The summed E-state index contributed by atoms with van der Waals surface area (Å²) in [4.78, 5) is 0. The van der Waals surface area contributed by atoms with Crippen LogP contribution in [0.2, 0.25) is 0 Å². The number of hydrogen-bond donors (Lipinski definition) is 1. The van der Waals surface area contributed by atoms with Crippen LogP contribution >= 0.6 is 15.9 Å². The maximum absolute atomic E-state index is 11.4. The van der Waals surface area contributed by atoms with E-state index in [1.54, 1.807) is 14.2 Å². The number of hydrogen-bond acceptors (Lipinski definition) is 4. The van der Waals surface area contributed by atoms with Crippen molar-refractivity contribution < 1.29 is 13.2 Å². The second-order valence-electron chi connectivity index (χ2n) is 4.28. The molecule has 0 aromatic heterocycles. The molecule has 0 saturated carbocycles. The van der Waals surface area contributed by atoms with E-state index in [9.17, 15) is 8.42 Å². The summed E-state index contributed by atoms with van der Waals surface area (Å²) in [6, 6.07) is 3.51. The predicted octanol–water partition coefficient (Wildman–Crippen LogP) is 2.07. The van der Waals surface area contributed by atoms with Crippen molar-refractivity contribution in [2.75, 3.05) is 26.2 Å². The summed E-state index contributed by atoms with van der Waals surface area (Å²) in [5, 5.41) is 3.02. The van der Waals surface area contributed by atoms with Crippen LogP contribution in [0.1, 0.15) is 17.2 Å². The summed E-state index contributed by atoms with van der Waals surface area (Å²) in [5.74, 6) is 0.730. The van der Waals surface area contributed by atoms with Crippen molar-refractivity contribution in [1.29, 1.82) is 0 Å². The van der Waals surface area contributed by atoms with Crippen LogP contribution in [0.5, 0.6) is 5.75 Å². The normalized spacial score (nSPS) is 13.4. The van der Waals surface area contributed by atoms with Gasteiger partial charge in [-0.2, -0.15) is 0 Å². The molecule has 1 N–H and O–H groups in total. The Morgan fingerprint density at radius 1 is 1.44 bits per heavy atom. The lowest BCUT2D eigenvalue weighted by molar-refractivity contribution is 0.403. The molecule has 1 aromatic carbocycles. The molecule has 1 aromatic rings. The minimum atomic E-state index is -3.06. The number of nitrogens with one attached hydrogen (secondary N) is 1. The summed E-state index contributed by atoms with van der Waals surface area (Å²) in [6.45, 7) is 1.96. The lowest BCUT2D eigenvalue weighted by Crippen LogP contribution is -2.25. The highest BCUT2D eigenvalue weighted by atomic mass is 79.9. The molecule has 0 spiro atoms. The van der Waals surface area contributed by atoms with Gasteiger partial charge in [0.1, 0.15) is 15.6 Å². The highest BCUT2D eigenvalue weighted by Gasteiger charge is 2.20. The first kappa shape index (κ1) is 15.5. The molecule has 102 valence electrons. The Kier molecular flexibility index (Phi) is 5.19. The number of halogens is 1. The maximum atomic E-state index is 11.4. The van der Waals surface area contributed by atoms with E-state index in [1.165, 1.54) is 6.26 Å². The third-order valence-corrected chi connectivity index (χ3v) is 4.50. The van der Waals surface area contributed by atoms with E-state index in [2.05, 4.69) is 21.2 Å². The number of rotatable bonds is 5. The highest BCUT2D eigenvalue weighted by molar-refractivity contribution is 9.10. The average molecular weight is 336 g/mol. The molecular formula is C12H18BrNO3S. The molecule has 0 aliphatic rings. The van der Waals surface area contributed by atoms with Gasteiger partial charge >= 0.3 is 0 Å². The average Bonchev–Trinajstić information content (AvgIpc) is 2.28. The van der Waals surface area contributed by atoms with Crippen molar-refractivity contribution in [1.82, 2.24) is 5.32 Å². The molecule has 0 bridgehead atoms. The zero-order valence-electron chi connectivity index (χ0n) is 11.0. The number of benzene rings is 1. The maximum Gasteiger partial charge on any atom is 0.149 e. The van der Waals surface area contributed by atoms with E-state index < -0.39 is 9.84 Å². The van der Waals surface area contributed by atoms with Crippen LogP contribution in [0.15, 0.2) is 16.6 Å². The van der Waals surface area contributed by atoms with E-state index in [-0.39, 0.29) is 11.8 Å². The van der Waals surface area contributed by atoms with Crippen molar-refractivity contribution in [3.8, 4) is 5.75 Å². The van der Waals surface area contributed by atoms with Crippen molar-refractivity contribution in [3.63, 3.8) is 0 Å². The Morgan fingerprint density at radius 2 is 2.06 bits per heavy atom. The number of aryl methyl sites for hydroxylation is 1. The Bertz CT molecular complexity index is 528. The van der Waals surface area contributed by atoms with Crippen LogP contribution < -0.4 is 10.1 Å². The minimum Gasteiger partial charge on any atom is -0.496 e. The SMILES string of the molecule is CNC(CS(C)(=O)=O)c1cc(Br)c(C)cc1OC. The lowest BCUT2D eigenvalue weighted by atomic mass is 10.1. The van der Waals surface area contributed by atoms with Crippen LogP contribution in [-0.4, -0.2) is 34.6 Å². The molecule has 4 nitrogen and oxygen atoms in total. The zero-order chi connectivity index (χ0) is 13.9. The summed E-state index contributed by atoms with van der Waals surface area (Å²) in [6.07, 6.45) is 1.23. The molecule has 0 amide bonds. The van der Waals surface area contributed by atoms with Crippen LogP contribution in [-0.2, 0) is 9.84 Å². The fourth-order valence-corrected chi connectivity index (χ4v) is 3.06. The summed E-state index contributed by atoms with van der Waals surface area (Å²) in [5.41, 5.74) is 1.88. The van der Waals surface area contributed by atoms with Gasteiger partial charge in [-0.15, -0.1) is 0 Å². The molecule has 1 rings (SSSR count). The van der Waals surface area contributed by atoms with Gasteiger partial charge in [-0.1, -0.05) is 15.9 Å². The van der Waals surface area contributed by atoms with E-state index >= 15 is 0 Å². The molecule has 6 heteroatoms. The van der Waals surface area contributed by atoms with Crippen LogP contribution in [0.4, 0.5) is 0 Å². The fourth-order valence-electron chi connectivity index (χ4n) is 1.75. The van der Waals surface area contributed by atoms with E-state index in [0.29, 0.717) is 5.75 Å². The smallest absolute Gasteiger partial charge is 0.149 e. The van der Waals surface area contributed by atoms with Gasteiger partial charge in [0.25, 0.3) is 0 Å². The van der Waals surface area contributed by atoms with E-state index in [4.69, 9.17) is 4.74 Å². The van der Waals surface area contributed by atoms with Gasteiger partial charge < -0.3 is 10.1 Å². The highest BCUT2D eigenvalue weighted by Crippen LogP contribution is 2.31. The van der Waals surface area contributed by atoms with Gasteiger partial charge in [0.05, 0.1) is 12.9 Å². The molecule has 18 heavy (non-hydrogen) atoms. The molecule has 0 heterocycles. The van der Waals surface area contributed by atoms with Crippen LogP contribution in [0, 0.1) is 6.92 Å². The molecule has 0 fully saturated rings. The van der Waals surface area contributed by atoms with E-state index in [0.717, 1.165) is 15.6 Å². The Balaban J connectivity index is 3.24. The first-order valence-electron chi connectivity index (χ1n) is 5.47.